The summed E-state index contributed by atoms with van der Waals surface area (Å²) in [6.45, 7) is 1.99. The van der Waals surface area contributed by atoms with Crippen LogP contribution in [0.1, 0.15) is 13.3 Å². The van der Waals surface area contributed by atoms with Crippen LogP contribution in [0.5, 0.6) is 0 Å². The fraction of sp³-hybridized carbons (Fsp3) is 0.800. The molecule has 0 radical (unpaired) electrons. The highest BCUT2D eigenvalue weighted by molar-refractivity contribution is 5.20. The van der Waals surface area contributed by atoms with Crippen molar-refractivity contribution in [2.24, 2.45) is 11.7 Å². The van der Waals surface area contributed by atoms with Crippen molar-refractivity contribution in [3.8, 4) is 6.07 Å². The molecule has 38 valence electrons. The molecule has 0 heterocycles. The van der Waals surface area contributed by atoms with Gasteiger partial charge in [-0.1, -0.05) is 6.92 Å². The summed E-state index contributed by atoms with van der Waals surface area (Å²) in [6, 6.07) is 2.04. The van der Waals surface area contributed by atoms with E-state index in [0.717, 1.165) is 6.42 Å². The van der Waals surface area contributed by atoms with Crippen molar-refractivity contribution in [3.05, 3.63) is 0 Å². The van der Waals surface area contributed by atoms with Gasteiger partial charge in [-0.2, -0.15) is 5.26 Å². The Morgan fingerprint density at radius 3 is 2.43 bits per heavy atom. The Labute approximate surface area is 42.9 Å². The molecule has 0 bridgehead atoms. The van der Waals surface area contributed by atoms with Crippen LogP contribution in [0.2, 0.25) is 0 Å². The van der Waals surface area contributed by atoms with E-state index in [-0.39, 0.29) is 0 Å². The molecule has 0 saturated heterocycles. The van der Waals surface area contributed by atoms with E-state index in [4.69, 9.17) is 11.0 Å². The van der Waals surface area contributed by atoms with Crippen LogP contribution in [-0.2, 0) is 0 Å². The lowest BCUT2D eigenvalue weighted by Gasteiger charge is -1.89. The van der Waals surface area contributed by atoms with Crippen molar-refractivity contribution in [2.45, 2.75) is 18.9 Å². The van der Waals surface area contributed by atoms with Crippen LogP contribution < -0.4 is 5.73 Å². The molecule has 2 nitrogen and oxygen atoms in total. The van der Waals surface area contributed by atoms with Crippen molar-refractivity contribution in [1.29, 1.82) is 5.26 Å². The number of rotatable bonds is 0. The first-order valence-corrected chi connectivity index (χ1v) is 2.39. The number of nitrogens with zero attached hydrogens (tertiary/aromatic N) is 1. The van der Waals surface area contributed by atoms with Gasteiger partial charge in [0.1, 0.15) is 5.54 Å². The molecule has 0 aromatic heterocycles. The maximum Gasteiger partial charge on any atom is 0.107 e. The first-order valence-electron chi connectivity index (χ1n) is 2.39. The monoisotopic (exact) mass is 96.1 g/mol. The number of nitrogens with two attached hydrogens (primary N) is 1. The Hall–Kier alpha value is -0.550. The van der Waals surface area contributed by atoms with E-state index in [1.54, 1.807) is 0 Å². The van der Waals surface area contributed by atoms with E-state index in [2.05, 4.69) is 0 Å². The average Bonchev–Trinajstić information content (AvgIpc) is 2.18. The van der Waals surface area contributed by atoms with Crippen LogP contribution >= 0.6 is 0 Å². The van der Waals surface area contributed by atoms with E-state index in [0.29, 0.717) is 5.92 Å². The van der Waals surface area contributed by atoms with Gasteiger partial charge >= 0.3 is 0 Å². The maximum atomic E-state index is 8.26. The van der Waals surface area contributed by atoms with Crippen LogP contribution in [-0.4, -0.2) is 5.54 Å². The molecule has 1 aliphatic rings. The van der Waals surface area contributed by atoms with Gasteiger partial charge in [0.05, 0.1) is 6.07 Å². The molecule has 2 N–H and O–H groups in total. The predicted octanol–water partition coefficient (Wildman–Crippen LogP) is 0.247. The van der Waals surface area contributed by atoms with Crippen molar-refractivity contribution >= 4 is 0 Å². The minimum absolute atomic E-state index is 0.428. The Bertz CT molecular complexity index is 125. The summed E-state index contributed by atoms with van der Waals surface area (Å²) >= 11 is 0. The van der Waals surface area contributed by atoms with Gasteiger partial charge in [-0.05, 0) is 12.3 Å². The molecular formula is C5H8N2. The summed E-state index contributed by atoms with van der Waals surface area (Å²) in [5.74, 6) is 0.428. The Morgan fingerprint density at radius 1 is 2.00 bits per heavy atom. The van der Waals surface area contributed by atoms with Gasteiger partial charge in [0.25, 0.3) is 0 Å². The maximum absolute atomic E-state index is 8.26. The molecule has 0 amide bonds. The quantitative estimate of drug-likeness (QED) is 0.470. The Balaban J connectivity index is 2.57. The number of nitriles is 1. The van der Waals surface area contributed by atoms with Crippen molar-refractivity contribution in [1.82, 2.24) is 0 Å². The third kappa shape index (κ3) is 0.495. The van der Waals surface area contributed by atoms with Crippen LogP contribution in [0.25, 0.3) is 0 Å². The summed E-state index contributed by atoms with van der Waals surface area (Å²) in [4.78, 5) is 0. The first-order chi connectivity index (χ1) is 3.19. The molecule has 0 aromatic rings. The zero-order chi connectivity index (χ0) is 5.49. The smallest absolute Gasteiger partial charge is 0.107 e. The second-order valence-electron chi connectivity index (χ2n) is 2.26. The molecule has 1 fully saturated rings. The summed E-state index contributed by atoms with van der Waals surface area (Å²) in [5, 5.41) is 8.26. The Morgan fingerprint density at radius 2 is 2.43 bits per heavy atom. The lowest BCUT2D eigenvalue weighted by atomic mass is 10.3. The van der Waals surface area contributed by atoms with Crippen LogP contribution in [0.15, 0.2) is 0 Å². The molecule has 0 unspecified atom stereocenters. The van der Waals surface area contributed by atoms with Gasteiger partial charge in [0, 0.05) is 0 Å². The largest absolute Gasteiger partial charge is 0.313 e. The van der Waals surface area contributed by atoms with Crippen LogP contribution in [0, 0.1) is 17.2 Å². The minimum Gasteiger partial charge on any atom is -0.313 e. The molecule has 0 spiro atoms. The van der Waals surface area contributed by atoms with Gasteiger partial charge < -0.3 is 5.73 Å². The predicted molar refractivity (Wildman–Crippen MR) is 26.3 cm³/mol. The second kappa shape index (κ2) is 0.988. The van der Waals surface area contributed by atoms with Gasteiger partial charge in [0.2, 0.25) is 0 Å². The van der Waals surface area contributed by atoms with Crippen molar-refractivity contribution < 1.29 is 0 Å². The molecule has 1 saturated carbocycles. The topological polar surface area (TPSA) is 49.8 Å². The fourth-order valence-electron chi connectivity index (χ4n) is 0.604. The van der Waals surface area contributed by atoms with Gasteiger partial charge in [-0.15, -0.1) is 0 Å². The third-order valence-corrected chi connectivity index (χ3v) is 1.57. The van der Waals surface area contributed by atoms with Crippen LogP contribution in [0.3, 0.4) is 0 Å². The van der Waals surface area contributed by atoms with Gasteiger partial charge in [-0.25, -0.2) is 0 Å². The lowest BCUT2D eigenvalue weighted by Crippen LogP contribution is -2.20. The third-order valence-electron chi connectivity index (χ3n) is 1.57. The van der Waals surface area contributed by atoms with Crippen molar-refractivity contribution in [2.75, 3.05) is 0 Å². The lowest BCUT2D eigenvalue weighted by molar-refractivity contribution is 0.771. The van der Waals surface area contributed by atoms with Crippen molar-refractivity contribution in [3.63, 3.8) is 0 Å². The zero-order valence-corrected chi connectivity index (χ0v) is 4.31. The van der Waals surface area contributed by atoms with E-state index in [1.807, 2.05) is 13.0 Å². The normalized spacial score (nSPS) is 47.9. The van der Waals surface area contributed by atoms with E-state index in [1.165, 1.54) is 0 Å². The molecule has 1 rings (SSSR count). The zero-order valence-electron chi connectivity index (χ0n) is 4.31. The number of hydrogen-bond donors (Lipinski definition) is 1. The van der Waals surface area contributed by atoms with Crippen LogP contribution in [0.4, 0.5) is 0 Å². The fourth-order valence-corrected chi connectivity index (χ4v) is 0.604. The standard InChI is InChI=1S/C5H8N2/c1-4-2-5(4,7)3-6/h4H,2,7H2,1H3/t4-,5-/m0/s1. The molecular weight excluding hydrogens is 88.1 g/mol. The first kappa shape index (κ1) is 4.61. The molecule has 2 heteroatoms. The summed E-state index contributed by atoms with van der Waals surface area (Å²) in [5.41, 5.74) is 4.98. The van der Waals surface area contributed by atoms with Gasteiger partial charge in [-0.3, -0.25) is 0 Å². The SMILES string of the molecule is C[C@H]1C[C@]1(N)C#N. The van der Waals surface area contributed by atoms with E-state index < -0.39 is 5.54 Å². The summed E-state index contributed by atoms with van der Waals surface area (Å²) in [6.07, 6.45) is 0.878. The molecule has 2 atom stereocenters. The summed E-state index contributed by atoms with van der Waals surface area (Å²) in [7, 11) is 0. The average molecular weight is 96.1 g/mol. The molecule has 0 aliphatic heterocycles. The number of hydrogen-bond acceptors (Lipinski definition) is 2. The summed E-state index contributed by atoms with van der Waals surface area (Å²) < 4.78 is 0. The highest BCUT2D eigenvalue weighted by atomic mass is 14.8. The molecule has 7 heavy (non-hydrogen) atoms. The second-order valence-corrected chi connectivity index (χ2v) is 2.26. The van der Waals surface area contributed by atoms with Gasteiger partial charge in [0.15, 0.2) is 0 Å². The molecule has 1 aliphatic carbocycles. The Kier molecular flexibility index (Phi) is 0.650. The highest BCUT2D eigenvalue weighted by Crippen LogP contribution is 2.39. The molecule has 0 aromatic carbocycles. The van der Waals surface area contributed by atoms with E-state index in [9.17, 15) is 0 Å². The minimum atomic E-state index is -0.444. The highest BCUT2D eigenvalue weighted by Gasteiger charge is 2.48. The van der Waals surface area contributed by atoms with E-state index >= 15 is 0 Å².